The summed E-state index contributed by atoms with van der Waals surface area (Å²) in [6.07, 6.45) is 0. The van der Waals surface area contributed by atoms with Crippen molar-refractivity contribution in [1.82, 2.24) is 15.0 Å². The lowest BCUT2D eigenvalue weighted by molar-refractivity contribution is 0.315. The lowest BCUT2D eigenvalue weighted by Gasteiger charge is -2.07. The Kier molecular flexibility index (Phi) is 4.43. The van der Waals surface area contributed by atoms with E-state index in [-0.39, 0.29) is 10.4 Å². The molecule has 0 aliphatic rings. The number of hydrogen-bond donors (Lipinski definition) is 1. The summed E-state index contributed by atoms with van der Waals surface area (Å²) in [4.78, 5) is 0.0980. The number of sulfonamides is 1. The van der Waals surface area contributed by atoms with Crippen LogP contribution in [0.5, 0.6) is 0 Å². The van der Waals surface area contributed by atoms with Gasteiger partial charge in [0, 0.05) is 12.3 Å². The Hall–Kier alpha value is -1.12. The third kappa shape index (κ3) is 3.46. The van der Waals surface area contributed by atoms with Gasteiger partial charge in [0.1, 0.15) is 10.4 Å². The highest BCUT2D eigenvalue weighted by Crippen LogP contribution is 2.19. The second-order valence-corrected chi connectivity index (χ2v) is 7.63. The number of hydrogen-bond acceptors (Lipinski definition) is 6. The van der Waals surface area contributed by atoms with Crippen LogP contribution in [-0.2, 0) is 10.0 Å². The minimum atomic E-state index is -3.58. The maximum atomic E-state index is 12.2. The van der Waals surface area contributed by atoms with Gasteiger partial charge in [-0.05, 0) is 27.7 Å². The van der Waals surface area contributed by atoms with E-state index < -0.39 is 10.0 Å². The van der Waals surface area contributed by atoms with Crippen molar-refractivity contribution < 1.29 is 13.0 Å². The Morgan fingerprint density at radius 1 is 1.37 bits per heavy atom. The van der Waals surface area contributed by atoms with Crippen molar-refractivity contribution in [2.45, 2.75) is 24.0 Å². The second-order valence-electron chi connectivity index (χ2n) is 4.21. The van der Waals surface area contributed by atoms with Gasteiger partial charge in [0.15, 0.2) is 5.52 Å². The standard InChI is InChI=1S/C11H15N3O3S2/c1-8(2)18-7-6-12-19(15,16)10-5-3-4-9-11(10)14-17-13-9/h3-5,8,12H,6-7H2,1-2H3. The lowest BCUT2D eigenvalue weighted by atomic mass is 10.3. The number of aromatic nitrogens is 2. The van der Waals surface area contributed by atoms with E-state index in [4.69, 9.17) is 0 Å². The lowest BCUT2D eigenvalue weighted by Crippen LogP contribution is -2.26. The Bertz CT molecular complexity index is 652. The van der Waals surface area contributed by atoms with Crippen LogP contribution >= 0.6 is 11.8 Å². The predicted molar refractivity (Wildman–Crippen MR) is 74.6 cm³/mol. The summed E-state index contributed by atoms with van der Waals surface area (Å²) in [5.41, 5.74) is 0.686. The van der Waals surface area contributed by atoms with Gasteiger partial charge in [-0.15, -0.1) is 0 Å². The zero-order chi connectivity index (χ0) is 13.9. The van der Waals surface area contributed by atoms with Gasteiger partial charge in [-0.3, -0.25) is 0 Å². The monoisotopic (exact) mass is 301 g/mol. The summed E-state index contributed by atoms with van der Waals surface area (Å²) in [6.45, 7) is 4.52. The van der Waals surface area contributed by atoms with Crippen molar-refractivity contribution in [2.24, 2.45) is 0 Å². The van der Waals surface area contributed by atoms with Crippen LogP contribution in [0.4, 0.5) is 0 Å². The molecule has 0 atom stereocenters. The summed E-state index contributed by atoms with van der Waals surface area (Å²) in [5.74, 6) is 0.726. The molecule has 6 nitrogen and oxygen atoms in total. The zero-order valence-electron chi connectivity index (χ0n) is 10.7. The van der Waals surface area contributed by atoms with Crippen LogP contribution in [0.2, 0.25) is 0 Å². The fourth-order valence-electron chi connectivity index (χ4n) is 1.55. The molecule has 0 aliphatic heterocycles. The van der Waals surface area contributed by atoms with E-state index in [1.54, 1.807) is 23.9 Å². The van der Waals surface area contributed by atoms with Gasteiger partial charge in [-0.1, -0.05) is 19.9 Å². The molecule has 2 rings (SSSR count). The van der Waals surface area contributed by atoms with Crippen molar-refractivity contribution >= 4 is 32.8 Å². The minimum Gasteiger partial charge on any atom is -0.243 e. The minimum absolute atomic E-state index is 0.0980. The summed E-state index contributed by atoms with van der Waals surface area (Å²) >= 11 is 1.70. The molecule has 0 spiro atoms. The largest absolute Gasteiger partial charge is 0.243 e. The third-order valence-corrected chi connectivity index (χ3v) is 4.98. The fourth-order valence-corrected chi connectivity index (χ4v) is 3.55. The number of benzene rings is 1. The normalized spacial score (nSPS) is 12.4. The summed E-state index contributed by atoms with van der Waals surface area (Å²) < 4.78 is 31.4. The third-order valence-electron chi connectivity index (χ3n) is 2.38. The molecule has 1 N–H and O–H groups in total. The molecule has 0 saturated carbocycles. The molecule has 1 aromatic heterocycles. The van der Waals surface area contributed by atoms with Gasteiger partial charge in [0.2, 0.25) is 10.0 Å². The van der Waals surface area contributed by atoms with E-state index >= 15 is 0 Å². The van der Waals surface area contributed by atoms with Gasteiger partial charge >= 0.3 is 0 Å². The fraction of sp³-hybridized carbons (Fsp3) is 0.455. The first-order chi connectivity index (χ1) is 9.00. The van der Waals surface area contributed by atoms with Gasteiger partial charge in [-0.2, -0.15) is 11.8 Å². The number of nitrogens with one attached hydrogen (secondary N) is 1. The molecule has 0 unspecified atom stereocenters. The van der Waals surface area contributed by atoms with E-state index in [1.165, 1.54) is 6.07 Å². The maximum Gasteiger partial charge on any atom is 0.242 e. The first-order valence-electron chi connectivity index (χ1n) is 5.83. The van der Waals surface area contributed by atoms with Crippen LogP contribution in [0.1, 0.15) is 13.8 Å². The molecule has 0 amide bonds. The first-order valence-corrected chi connectivity index (χ1v) is 8.36. The second kappa shape index (κ2) is 5.89. The Morgan fingerprint density at radius 2 is 2.16 bits per heavy atom. The van der Waals surface area contributed by atoms with Crippen LogP contribution in [0.3, 0.4) is 0 Å². The van der Waals surface area contributed by atoms with E-state index in [1.807, 2.05) is 0 Å². The van der Waals surface area contributed by atoms with Gasteiger partial charge in [-0.25, -0.2) is 17.8 Å². The average Bonchev–Trinajstić information content (AvgIpc) is 2.82. The van der Waals surface area contributed by atoms with Crippen molar-refractivity contribution in [1.29, 1.82) is 0 Å². The van der Waals surface area contributed by atoms with Crippen molar-refractivity contribution in [3.8, 4) is 0 Å². The van der Waals surface area contributed by atoms with E-state index in [0.717, 1.165) is 5.75 Å². The van der Waals surface area contributed by atoms with Crippen molar-refractivity contribution in [3.05, 3.63) is 18.2 Å². The molecule has 1 heterocycles. The molecule has 0 fully saturated rings. The number of nitrogens with zero attached hydrogens (tertiary/aromatic N) is 2. The smallest absolute Gasteiger partial charge is 0.242 e. The number of thioether (sulfide) groups is 1. The van der Waals surface area contributed by atoms with Crippen LogP contribution in [0.25, 0.3) is 11.0 Å². The summed E-state index contributed by atoms with van der Waals surface area (Å²) in [7, 11) is -3.58. The number of rotatable bonds is 6. The molecule has 0 bridgehead atoms. The first kappa shape index (κ1) is 14.3. The quantitative estimate of drug-likeness (QED) is 0.816. The predicted octanol–water partition coefficient (Wildman–Crippen LogP) is 1.64. The van der Waals surface area contributed by atoms with Crippen LogP contribution in [0.15, 0.2) is 27.7 Å². The highest BCUT2D eigenvalue weighted by atomic mass is 32.2. The Morgan fingerprint density at radius 3 is 2.89 bits per heavy atom. The molecule has 104 valence electrons. The zero-order valence-corrected chi connectivity index (χ0v) is 12.3. The van der Waals surface area contributed by atoms with Crippen molar-refractivity contribution in [2.75, 3.05) is 12.3 Å². The molecular weight excluding hydrogens is 286 g/mol. The Labute approximate surface area is 116 Å². The molecule has 2 aromatic rings. The molecule has 0 saturated heterocycles. The van der Waals surface area contributed by atoms with E-state index in [2.05, 4.69) is 33.5 Å². The van der Waals surface area contributed by atoms with Gasteiger partial charge in [0.05, 0.1) is 0 Å². The van der Waals surface area contributed by atoms with Crippen LogP contribution < -0.4 is 4.72 Å². The highest BCUT2D eigenvalue weighted by molar-refractivity contribution is 7.99. The Balaban J connectivity index is 2.13. The molecule has 0 aliphatic carbocycles. The van der Waals surface area contributed by atoms with Gasteiger partial charge in [0.25, 0.3) is 0 Å². The average molecular weight is 301 g/mol. The summed E-state index contributed by atoms with van der Waals surface area (Å²) in [6, 6.07) is 4.76. The van der Waals surface area contributed by atoms with E-state index in [0.29, 0.717) is 17.3 Å². The molecule has 8 heteroatoms. The molecular formula is C11H15N3O3S2. The van der Waals surface area contributed by atoms with E-state index in [9.17, 15) is 8.42 Å². The van der Waals surface area contributed by atoms with Crippen LogP contribution in [0, 0.1) is 0 Å². The highest BCUT2D eigenvalue weighted by Gasteiger charge is 2.19. The van der Waals surface area contributed by atoms with Crippen molar-refractivity contribution in [3.63, 3.8) is 0 Å². The summed E-state index contributed by atoms with van der Waals surface area (Å²) in [5, 5.41) is 7.74. The molecule has 1 aromatic carbocycles. The van der Waals surface area contributed by atoms with Crippen LogP contribution in [-0.4, -0.2) is 36.3 Å². The number of fused-ring (bicyclic) bond motifs is 1. The topological polar surface area (TPSA) is 85.1 Å². The maximum absolute atomic E-state index is 12.2. The SMILES string of the molecule is CC(C)SCCNS(=O)(=O)c1cccc2nonc12. The molecule has 0 radical (unpaired) electrons. The molecule has 19 heavy (non-hydrogen) atoms. The van der Waals surface area contributed by atoms with Gasteiger partial charge < -0.3 is 0 Å².